The minimum absolute atomic E-state index is 0.696. The molecule has 1 N–H and O–H groups in total. The van der Waals surface area contributed by atoms with Crippen molar-refractivity contribution in [2.75, 3.05) is 47.8 Å². The summed E-state index contributed by atoms with van der Waals surface area (Å²) < 4.78 is 0. The predicted molar refractivity (Wildman–Crippen MR) is 96.5 cm³/mol. The second kappa shape index (κ2) is 7.18. The second-order valence-electron chi connectivity index (χ2n) is 5.85. The maximum atomic E-state index is 8.90. The molecule has 0 bridgehead atoms. The van der Waals surface area contributed by atoms with E-state index in [-0.39, 0.29) is 0 Å². The fourth-order valence-electron chi connectivity index (χ4n) is 2.89. The van der Waals surface area contributed by atoms with Crippen molar-refractivity contribution in [2.24, 2.45) is 0 Å². The first-order chi connectivity index (χ1) is 11.7. The maximum Gasteiger partial charge on any atom is 0.224 e. The number of aromatic nitrogens is 2. The molecule has 2 aromatic rings. The van der Waals surface area contributed by atoms with E-state index in [1.807, 2.05) is 44.2 Å². The molecule has 6 heteroatoms. The first kappa shape index (κ1) is 16.1. The van der Waals surface area contributed by atoms with Crippen LogP contribution in [0.2, 0.25) is 0 Å². The fraction of sp³-hybridized carbons (Fsp3) is 0.389. The molecule has 0 spiro atoms. The number of rotatable bonds is 4. The summed E-state index contributed by atoms with van der Waals surface area (Å²) in [6.45, 7) is 8.57. The van der Waals surface area contributed by atoms with Gasteiger partial charge in [-0.15, -0.1) is 0 Å². The van der Waals surface area contributed by atoms with E-state index < -0.39 is 0 Å². The van der Waals surface area contributed by atoms with Crippen LogP contribution in [-0.4, -0.2) is 42.7 Å². The lowest BCUT2D eigenvalue weighted by Gasteiger charge is -2.36. The molecule has 6 nitrogen and oxygen atoms in total. The maximum absolute atomic E-state index is 8.90. The van der Waals surface area contributed by atoms with Crippen LogP contribution in [0.5, 0.6) is 0 Å². The number of aryl methyl sites for hydroxylation is 1. The van der Waals surface area contributed by atoms with Crippen LogP contribution in [0.25, 0.3) is 0 Å². The number of nitrogens with zero attached hydrogens (tertiary/aromatic N) is 5. The molecule has 1 aliphatic rings. The highest BCUT2D eigenvalue weighted by molar-refractivity contribution is 5.52. The number of nitriles is 1. The highest BCUT2D eigenvalue weighted by Crippen LogP contribution is 2.21. The third kappa shape index (κ3) is 3.57. The summed E-state index contributed by atoms with van der Waals surface area (Å²) in [6.07, 6.45) is 0. The summed E-state index contributed by atoms with van der Waals surface area (Å²) in [5.41, 5.74) is 2.84. The predicted octanol–water partition coefficient (Wildman–Crippen LogP) is 2.42. The van der Waals surface area contributed by atoms with Crippen LogP contribution in [0.1, 0.15) is 18.2 Å². The van der Waals surface area contributed by atoms with E-state index in [0.717, 1.165) is 44.2 Å². The first-order valence-electron chi connectivity index (χ1n) is 8.29. The van der Waals surface area contributed by atoms with Crippen molar-refractivity contribution >= 4 is 17.5 Å². The zero-order chi connectivity index (χ0) is 16.9. The molecular formula is C18H22N6. The molecule has 2 heterocycles. The summed E-state index contributed by atoms with van der Waals surface area (Å²) in [7, 11) is 0. The second-order valence-corrected chi connectivity index (χ2v) is 5.85. The molecule has 0 atom stereocenters. The zero-order valence-electron chi connectivity index (χ0n) is 14.2. The standard InChI is InChI=1S/C18H22N6/c1-3-20-18-21-14(2)12-17(22-18)24-10-8-23(9-11-24)16-6-4-15(13-19)5-7-16/h4-7,12H,3,8-11H2,1-2H3,(H,20,21,22). The van der Waals surface area contributed by atoms with Crippen LogP contribution in [0, 0.1) is 18.3 Å². The Morgan fingerprint density at radius 1 is 1.08 bits per heavy atom. The normalized spacial score (nSPS) is 14.4. The van der Waals surface area contributed by atoms with Gasteiger partial charge < -0.3 is 15.1 Å². The van der Waals surface area contributed by atoms with Gasteiger partial charge in [-0.05, 0) is 38.1 Å². The molecular weight excluding hydrogens is 300 g/mol. The third-order valence-electron chi connectivity index (χ3n) is 4.14. The van der Waals surface area contributed by atoms with E-state index in [1.54, 1.807) is 0 Å². The summed E-state index contributed by atoms with van der Waals surface area (Å²) in [6, 6.07) is 12.0. The Morgan fingerprint density at radius 2 is 1.75 bits per heavy atom. The third-order valence-corrected chi connectivity index (χ3v) is 4.14. The minimum atomic E-state index is 0.696. The van der Waals surface area contributed by atoms with Crippen LogP contribution in [0.15, 0.2) is 30.3 Å². The van der Waals surface area contributed by atoms with Gasteiger partial charge in [0, 0.05) is 50.2 Å². The van der Waals surface area contributed by atoms with Gasteiger partial charge >= 0.3 is 0 Å². The van der Waals surface area contributed by atoms with Crippen LogP contribution >= 0.6 is 0 Å². The van der Waals surface area contributed by atoms with Crippen LogP contribution < -0.4 is 15.1 Å². The van der Waals surface area contributed by atoms with Crippen molar-refractivity contribution in [3.63, 3.8) is 0 Å². The number of hydrogen-bond donors (Lipinski definition) is 1. The number of anilines is 3. The molecule has 24 heavy (non-hydrogen) atoms. The number of nitrogens with one attached hydrogen (secondary N) is 1. The smallest absolute Gasteiger partial charge is 0.224 e. The van der Waals surface area contributed by atoms with Gasteiger partial charge in [-0.2, -0.15) is 10.2 Å². The van der Waals surface area contributed by atoms with Crippen molar-refractivity contribution < 1.29 is 0 Å². The molecule has 124 valence electrons. The summed E-state index contributed by atoms with van der Waals surface area (Å²) in [4.78, 5) is 13.7. The van der Waals surface area contributed by atoms with E-state index in [1.165, 1.54) is 5.69 Å². The molecule has 1 aliphatic heterocycles. The van der Waals surface area contributed by atoms with Crippen molar-refractivity contribution in [3.05, 3.63) is 41.6 Å². The van der Waals surface area contributed by atoms with Gasteiger partial charge in [-0.1, -0.05) is 0 Å². The van der Waals surface area contributed by atoms with Crippen LogP contribution in [0.4, 0.5) is 17.5 Å². The van der Waals surface area contributed by atoms with Crippen molar-refractivity contribution in [1.29, 1.82) is 5.26 Å². The highest BCUT2D eigenvalue weighted by Gasteiger charge is 2.19. The Balaban J connectivity index is 1.67. The van der Waals surface area contributed by atoms with E-state index >= 15 is 0 Å². The minimum Gasteiger partial charge on any atom is -0.368 e. The molecule has 0 radical (unpaired) electrons. The van der Waals surface area contributed by atoms with Gasteiger partial charge in [-0.3, -0.25) is 0 Å². The topological polar surface area (TPSA) is 68.1 Å². The van der Waals surface area contributed by atoms with Gasteiger partial charge in [0.1, 0.15) is 5.82 Å². The quantitative estimate of drug-likeness (QED) is 0.932. The summed E-state index contributed by atoms with van der Waals surface area (Å²) in [5.74, 6) is 1.68. The van der Waals surface area contributed by atoms with Crippen molar-refractivity contribution in [2.45, 2.75) is 13.8 Å². The Hall–Kier alpha value is -2.81. The average Bonchev–Trinajstić information content (AvgIpc) is 2.62. The van der Waals surface area contributed by atoms with Crippen molar-refractivity contribution in [3.8, 4) is 6.07 Å². The number of piperazine rings is 1. The molecule has 1 aromatic heterocycles. The Kier molecular flexibility index (Phi) is 4.80. The number of benzene rings is 1. The monoisotopic (exact) mass is 322 g/mol. The van der Waals surface area contributed by atoms with Crippen molar-refractivity contribution in [1.82, 2.24) is 9.97 Å². The van der Waals surface area contributed by atoms with E-state index in [0.29, 0.717) is 11.5 Å². The molecule has 0 saturated carbocycles. The van der Waals surface area contributed by atoms with Gasteiger partial charge in [-0.25, -0.2) is 4.98 Å². The summed E-state index contributed by atoms with van der Waals surface area (Å²) in [5, 5.41) is 12.1. The van der Waals surface area contributed by atoms with E-state index in [4.69, 9.17) is 5.26 Å². The Morgan fingerprint density at radius 3 is 2.38 bits per heavy atom. The van der Waals surface area contributed by atoms with Gasteiger partial charge in [0.2, 0.25) is 5.95 Å². The van der Waals surface area contributed by atoms with Gasteiger partial charge in [0.15, 0.2) is 0 Å². The lowest BCUT2D eigenvalue weighted by molar-refractivity contribution is 0.646. The van der Waals surface area contributed by atoms with E-state index in [9.17, 15) is 0 Å². The average molecular weight is 322 g/mol. The Bertz CT molecular complexity index is 726. The van der Waals surface area contributed by atoms with Crippen LogP contribution in [0.3, 0.4) is 0 Å². The lowest BCUT2D eigenvalue weighted by Crippen LogP contribution is -2.46. The lowest BCUT2D eigenvalue weighted by atomic mass is 10.2. The molecule has 1 saturated heterocycles. The SMILES string of the molecule is CCNc1nc(C)cc(N2CCN(c3ccc(C#N)cc3)CC2)n1. The van der Waals surface area contributed by atoms with Gasteiger partial charge in [0.25, 0.3) is 0 Å². The highest BCUT2D eigenvalue weighted by atomic mass is 15.3. The molecule has 0 amide bonds. The van der Waals surface area contributed by atoms with E-state index in [2.05, 4.69) is 31.2 Å². The largest absolute Gasteiger partial charge is 0.368 e. The zero-order valence-corrected chi connectivity index (χ0v) is 14.2. The fourth-order valence-corrected chi connectivity index (χ4v) is 2.89. The summed E-state index contributed by atoms with van der Waals surface area (Å²) >= 11 is 0. The molecule has 0 aliphatic carbocycles. The first-order valence-corrected chi connectivity index (χ1v) is 8.29. The Labute approximate surface area is 142 Å². The molecule has 3 rings (SSSR count). The molecule has 1 aromatic carbocycles. The van der Waals surface area contributed by atoms with Crippen LogP contribution in [-0.2, 0) is 0 Å². The number of hydrogen-bond acceptors (Lipinski definition) is 6. The van der Waals surface area contributed by atoms with Gasteiger partial charge in [0.05, 0.1) is 11.6 Å². The molecule has 0 unspecified atom stereocenters. The molecule has 1 fully saturated rings.